The zero-order chi connectivity index (χ0) is 19.1. The van der Waals surface area contributed by atoms with E-state index in [1.165, 1.54) is 0 Å². The number of aromatic nitrogens is 1. The summed E-state index contributed by atoms with van der Waals surface area (Å²) in [5.41, 5.74) is 8.08. The molecule has 0 saturated heterocycles. The first-order valence-corrected chi connectivity index (χ1v) is 8.52. The van der Waals surface area contributed by atoms with Gasteiger partial charge in [0.2, 0.25) is 0 Å². The minimum Gasteiger partial charge on any atom is -0.368 e. The third-order valence-electron chi connectivity index (χ3n) is 4.05. The summed E-state index contributed by atoms with van der Waals surface area (Å²) in [6.45, 7) is 9.44. The van der Waals surface area contributed by atoms with Crippen LogP contribution in [0.3, 0.4) is 0 Å². The lowest BCUT2D eigenvalue weighted by molar-refractivity contribution is -0.132. The van der Waals surface area contributed by atoms with Gasteiger partial charge in [-0.1, -0.05) is 24.3 Å². The number of carbonyl (C=O) groups excluding carboxylic acids is 2. The Labute approximate surface area is 153 Å². The molecule has 138 valence electrons. The van der Waals surface area contributed by atoms with Gasteiger partial charge < -0.3 is 9.30 Å². The second kappa shape index (κ2) is 9.01. The van der Waals surface area contributed by atoms with Crippen LogP contribution in [0, 0.1) is 13.8 Å². The van der Waals surface area contributed by atoms with Crippen LogP contribution < -0.4 is 10.9 Å². The molecule has 2 rings (SSSR count). The van der Waals surface area contributed by atoms with Crippen molar-refractivity contribution < 1.29 is 14.3 Å². The summed E-state index contributed by atoms with van der Waals surface area (Å²) in [5, 5.41) is 0. The minimum absolute atomic E-state index is 0.369. The molecular weight excluding hydrogens is 330 g/mol. The fourth-order valence-corrected chi connectivity index (χ4v) is 2.66. The average Bonchev–Trinajstić information content (AvgIpc) is 2.94. The molecule has 1 unspecified atom stereocenters. The first-order valence-electron chi connectivity index (χ1n) is 8.52. The highest BCUT2D eigenvalue weighted by atomic mass is 16.5. The molecule has 0 fully saturated rings. The van der Waals surface area contributed by atoms with E-state index in [-0.39, 0.29) is 5.91 Å². The standard InChI is InChI=1S/C20H25N3O3/c1-5-6-12-26-16(4)19(24)21-22-20(25)18-13-14(2)23(15(18)3)17-10-8-7-9-11-17/h5,7-11,13,16H,1,6,12H2,2-4H3,(H,21,24)(H,22,25). The number of hydrazine groups is 1. The van der Waals surface area contributed by atoms with Crippen LogP contribution in [0.25, 0.3) is 5.69 Å². The average molecular weight is 355 g/mol. The number of aryl methyl sites for hydroxylation is 1. The molecule has 0 aliphatic heterocycles. The maximum absolute atomic E-state index is 12.5. The van der Waals surface area contributed by atoms with Crippen LogP contribution in [0.15, 0.2) is 49.1 Å². The Bertz CT molecular complexity index is 781. The Morgan fingerprint density at radius 1 is 1.23 bits per heavy atom. The maximum Gasteiger partial charge on any atom is 0.271 e. The van der Waals surface area contributed by atoms with Crippen molar-refractivity contribution in [2.45, 2.75) is 33.3 Å². The van der Waals surface area contributed by atoms with Crippen LogP contribution in [-0.4, -0.2) is 29.1 Å². The number of carbonyl (C=O) groups is 2. The van der Waals surface area contributed by atoms with E-state index in [1.807, 2.05) is 48.7 Å². The van der Waals surface area contributed by atoms with Gasteiger partial charge in [0, 0.05) is 17.1 Å². The molecule has 1 aromatic carbocycles. The monoisotopic (exact) mass is 355 g/mol. The Morgan fingerprint density at radius 3 is 2.58 bits per heavy atom. The molecule has 6 heteroatoms. The van der Waals surface area contributed by atoms with E-state index in [4.69, 9.17) is 4.74 Å². The van der Waals surface area contributed by atoms with Crippen molar-refractivity contribution in [3.8, 4) is 5.69 Å². The van der Waals surface area contributed by atoms with Crippen LogP contribution in [0.1, 0.15) is 35.1 Å². The van der Waals surface area contributed by atoms with E-state index < -0.39 is 12.0 Å². The molecule has 0 bridgehead atoms. The van der Waals surface area contributed by atoms with Crippen molar-refractivity contribution in [2.24, 2.45) is 0 Å². The van der Waals surface area contributed by atoms with Gasteiger partial charge >= 0.3 is 0 Å². The molecule has 0 saturated carbocycles. The Kier molecular flexibility index (Phi) is 6.74. The summed E-state index contributed by atoms with van der Waals surface area (Å²) in [5.74, 6) is -0.772. The van der Waals surface area contributed by atoms with E-state index >= 15 is 0 Å². The van der Waals surface area contributed by atoms with Crippen molar-refractivity contribution in [3.63, 3.8) is 0 Å². The molecule has 0 aliphatic carbocycles. The molecule has 2 aromatic rings. The SMILES string of the molecule is C=CCCOC(C)C(=O)NNC(=O)c1cc(C)n(-c2ccccc2)c1C. The molecule has 0 radical (unpaired) electrons. The van der Waals surface area contributed by atoms with Crippen molar-refractivity contribution >= 4 is 11.8 Å². The predicted molar refractivity (Wildman–Crippen MR) is 101 cm³/mol. The minimum atomic E-state index is -0.660. The van der Waals surface area contributed by atoms with E-state index in [9.17, 15) is 9.59 Å². The third kappa shape index (κ3) is 4.61. The number of benzene rings is 1. The molecule has 0 spiro atoms. The number of rotatable bonds is 7. The highest BCUT2D eigenvalue weighted by molar-refractivity contribution is 5.97. The smallest absolute Gasteiger partial charge is 0.271 e. The number of ether oxygens (including phenoxy) is 1. The quantitative estimate of drug-likeness (QED) is 0.456. The molecule has 26 heavy (non-hydrogen) atoms. The van der Waals surface area contributed by atoms with Gasteiger partial charge in [-0.05, 0) is 45.4 Å². The van der Waals surface area contributed by atoms with Crippen molar-refractivity contribution in [1.82, 2.24) is 15.4 Å². The fraction of sp³-hybridized carbons (Fsp3) is 0.300. The number of nitrogens with one attached hydrogen (secondary N) is 2. The molecule has 2 amide bonds. The molecule has 1 heterocycles. The van der Waals surface area contributed by atoms with Crippen molar-refractivity contribution in [1.29, 1.82) is 0 Å². The van der Waals surface area contributed by atoms with Crippen molar-refractivity contribution in [3.05, 3.63) is 66.0 Å². The van der Waals surface area contributed by atoms with Gasteiger partial charge in [-0.25, -0.2) is 0 Å². The van der Waals surface area contributed by atoms with Crippen LogP contribution in [0.4, 0.5) is 0 Å². The van der Waals surface area contributed by atoms with Gasteiger partial charge in [0.15, 0.2) is 0 Å². The lowest BCUT2D eigenvalue weighted by Crippen LogP contribution is -2.46. The second-order valence-electron chi connectivity index (χ2n) is 5.99. The summed E-state index contributed by atoms with van der Waals surface area (Å²) in [7, 11) is 0. The maximum atomic E-state index is 12.5. The number of para-hydroxylation sites is 1. The van der Waals surface area contributed by atoms with Gasteiger partial charge in [0.05, 0.1) is 12.2 Å². The highest BCUT2D eigenvalue weighted by Crippen LogP contribution is 2.20. The summed E-state index contributed by atoms with van der Waals surface area (Å²) in [6, 6.07) is 11.6. The van der Waals surface area contributed by atoms with E-state index in [0.29, 0.717) is 18.6 Å². The largest absolute Gasteiger partial charge is 0.368 e. The van der Waals surface area contributed by atoms with Gasteiger partial charge in [0.25, 0.3) is 11.8 Å². The van der Waals surface area contributed by atoms with Crippen LogP contribution in [-0.2, 0) is 9.53 Å². The third-order valence-corrected chi connectivity index (χ3v) is 4.05. The Hall–Kier alpha value is -2.86. The lowest BCUT2D eigenvalue weighted by Gasteiger charge is -2.13. The van der Waals surface area contributed by atoms with Gasteiger partial charge in [0.1, 0.15) is 6.10 Å². The summed E-state index contributed by atoms with van der Waals surface area (Å²) < 4.78 is 7.35. The zero-order valence-electron chi connectivity index (χ0n) is 15.4. The Balaban J connectivity index is 2.02. The number of nitrogens with zero attached hydrogens (tertiary/aromatic N) is 1. The Morgan fingerprint density at radius 2 is 1.92 bits per heavy atom. The fourth-order valence-electron chi connectivity index (χ4n) is 2.66. The van der Waals surface area contributed by atoms with E-state index in [2.05, 4.69) is 17.4 Å². The highest BCUT2D eigenvalue weighted by Gasteiger charge is 2.18. The normalized spacial score (nSPS) is 11.7. The molecule has 2 N–H and O–H groups in total. The van der Waals surface area contributed by atoms with Crippen LogP contribution in [0.5, 0.6) is 0 Å². The lowest BCUT2D eigenvalue weighted by atomic mass is 10.2. The van der Waals surface area contributed by atoms with Gasteiger partial charge in [-0.2, -0.15) is 0 Å². The first-order chi connectivity index (χ1) is 12.5. The first kappa shape index (κ1) is 19.5. The van der Waals surface area contributed by atoms with Gasteiger partial charge in [-0.15, -0.1) is 6.58 Å². The summed E-state index contributed by atoms with van der Waals surface area (Å²) in [6.07, 6.45) is 1.72. The molecule has 1 aromatic heterocycles. The molecule has 0 aliphatic rings. The van der Waals surface area contributed by atoms with E-state index in [1.54, 1.807) is 19.1 Å². The topological polar surface area (TPSA) is 72.4 Å². The molecule has 1 atom stereocenters. The second-order valence-corrected chi connectivity index (χ2v) is 5.99. The molecule has 6 nitrogen and oxygen atoms in total. The van der Waals surface area contributed by atoms with Gasteiger partial charge in [-0.3, -0.25) is 20.4 Å². The number of hydrogen-bond donors (Lipinski definition) is 2. The van der Waals surface area contributed by atoms with Crippen LogP contribution in [0.2, 0.25) is 0 Å². The molecular formula is C20H25N3O3. The van der Waals surface area contributed by atoms with Crippen LogP contribution >= 0.6 is 0 Å². The zero-order valence-corrected chi connectivity index (χ0v) is 15.4. The summed E-state index contributed by atoms with van der Waals surface area (Å²) in [4.78, 5) is 24.4. The van der Waals surface area contributed by atoms with E-state index in [0.717, 1.165) is 17.1 Å². The summed E-state index contributed by atoms with van der Waals surface area (Å²) >= 11 is 0. The van der Waals surface area contributed by atoms with Crippen molar-refractivity contribution in [2.75, 3.05) is 6.61 Å². The number of amides is 2. The number of hydrogen-bond acceptors (Lipinski definition) is 3. The predicted octanol–water partition coefficient (Wildman–Crippen LogP) is 2.84.